The van der Waals surface area contributed by atoms with Crippen molar-refractivity contribution in [2.24, 2.45) is 0 Å². The van der Waals surface area contributed by atoms with Crippen LogP contribution in [0.25, 0.3) is 10.4 Å². The minimum Gasteiger partial charge on any atom is -0.497 e. The molecule has 3 heterocycles. The Morgan fingerprint density at radius 1 is 1.16 bits per heavy atom. The van der Waals surface area contributed by atoms with Crippen LogP contribution in [0.3, 0.4) is 0 Å². The molecular weight excluding hydrogens is 412 g/mol. The van der Waals surface area contributed by atoms with Crippen molar-refractivity contribution < 1.29 is 19.1 Å². The maximum Gasteiger partial charge on any atom is 0.416 e. The normalized spacial score (nSPS) is 15.5. The molecule has 0 saturated carbocycles. The van der Waals surface area contributed by atoms with Gasteiger partial charge in [0.25, 0.3) is 0 Å². The molecule has 0 bridgehead atoms. The fraction of sp³-hybridized carbons (Fsp3) is 0.292. The van der Waals surface area contributed by atoms with Gasteiger partial charge in [0.05, 0.1) is 13.0 Å². The number of hydrogen-bond donors (Lipinski definition) is 0. The lowest BCUT2D eigenvalue weighted by Crippen LogP contribution is -2.37. The average Bonchev–Trinajstić information content (AvgIpc) is 3.40. The van der Waals surface area contributed by atoms with Gasteiger partial charge in [0, 0.05) is 34.3 Å². The number of amides is 1. The first kappa shape index (κ1) is 21.1. The molecule has 0 fully saturated rings. The summed E-state index contributed by atoms with van der Waals surface area (Å²) in [6.07, 6.45) is 1.23. The number of aromatic nitrogens is 1. The Kier molecular flexibility index (Phi) is 5.54. The van der Waals surface area contributed by atoms with Gasteiger partial charge in [0.1, 0.15) is 17.2 Å². The van der Waals surface area contributed by atoms with Crippen molar-refractivity contribution in [3.05, 3.63) is 65.2 Å². The van der Waals surface area contributed by atoms with Gasteiger partial charge in [-0.15, -0.1) is 11.3 Å². The summed E-state index contributed by atoms with van der Waals surface area (Å²) < 4.78 is 10.8. The van der Waals surface area contributed by atoms with E-state index in [2.05, 4.69) is 4.98 Å². The molecule has 0 saturated heterocycles. The van der Waals surface area contributed by atoms with E-state index < -0.39 is 17.6 Å². The van der Waals surface area contributed by atoms with E-state index in [0.29, 0.717) is 17.1 Å². The summed E-state index contributed by atoms with van der Waals surface area (Å²) in [6, 6.07) is 12.9. The SMILES string of the molecule is COc1ccc(C(=O)C2CN(C(=O)OC(C)(C)C)c3ncc(-c4cccs4)cc32)cc1. The molecule has 0 radical (unpaired) electrons. The highest BCUT2D eigenvalue weighted by atomic mass is 32.1. The summed E-state index contributed by atoms with van der Waals surface area (Å²) in [5.41, 5.74) is 1.57. The lowest BCUT2D eigenvalue weighted by molar-refractivity contribution is 0.0581. The Morgan fingerprint density at radius 3 is 2.52 bits per heavy atom. The Labute approximate surface area is 185 Å². The zero-order valence-electron chi connectivity index (χ0n) is 17.9. The molecule has 1 unspecified atom stereocenters. The van der Waals surface area contributed by atoms with Crippen LogP contribution in [0.2, 0.25) is 0 Å². The van der Waals surface area contributed by atoms with E-state index >= 15 is 0 Å². The molecule has 0 spiro atoms. The van der Waals surface area contributed by atoms with Gasteiger partial charge in [0.15, 0.2) is 5.78 Å². The van der Waals surface area contributed by atoms with E-state index in [1.807, 2.05) is 44.4 Å². The zero-order valence-corrected chi connectivity index (χ0v) is 18.7. The van der Waals surface area contributed by atoms with E-state index in [1.54, 1.807) is 48.9 Å². The van der Waals surface area contributed by atoms with Crippen LogP contribution in [-0.2, 0) is 4.74 Å². The second kappa shape index (κ2) is 8.15. The average molecular weight is 437 g/mol. The molecule has 2 aromatic heterocycles. The molecule has 6 nitrogen and oxygen atoms in total. The van der Waals surface area contributed by atoms with E-state index in [9.17, 15) is 9.59 Å². The highest BCUT2D eigenvalue weighted by Crippen LogP contribution is 2.40. The lowest BCUT2D eigenvalue weighted by Gasteiger charge is -2.24. The Morgan fingerprint density at radius 2 is 1.90 bits per heavy atom. The van der Waals surface area contributed by atoms with Gasteiger partial charge in [-0.25, -0.2) is 9.78 Å². The zero-order chi connectivity index (χ0) is 22.2. The van der Waals surface area contributed by atoms with Crippen molar-refractivity contribution in [1.29, 1.82) is 0 Å². The Balaban J connectivity index is 1.73. The summed E-state index contributed by atoms with van der Waals surface area (Å²) in [4.78, 5) is 33.4. The number of carbonyl (C=O) groups is 2. The second-order valence-electron chi connectivity index (χ2n) is 8.35. The number of thiophene rings is 1. The number of anilines is 1. The van der Waals surface area contributed by atoms with Gasteiger partial charge in [-0.2, -0.15) is 0 Å². The Bertz CT molecular complexity index is 1100. The van der Waals surface area contributed by atoms with Crippen molar-refractivity contribution in [1.82, 2.24) is 4.98 Å². The van der Waals surface area contributed by atoms with Gasteiger partial charge in [-0.05, 0) is 62.5 Å². The second-order valence-corrected chi connectivity index (χ2v) is 9.30. The first-order valence-corrected chi connectivity index (χ1v) is 10.9. The summed E-state index contributed by atoms with van der Waals surface area (Å²) in [5.74, 6) is 0.560. The standard InChI is InChI=1S/C24H24N2O4S/c1-24(2,3)30-23(28)26-14-19(21(27)15-7-9-17(29-4)10-8-15)18-12-16(13-25-22(18)26)20-6-5-11-31-20/h5-13,19H,14H2,1-4H3. The predicted molar refractivity (Wildman–Crippen MR) is 121 cm³/mol. The number of ketones is 1. The number of pyridine rings is 1. The number of rotatable bonds is 4. The molecule has 1 aliphatic heterocycles. The molecular formula is C24H24N2O4S. The number of hydrogen-bond acceptors (Lipinski definition) is 6. The van der Waals surface area contributed by atoms with E-state index in [0.717, 1.165) is 16.0 Å². The third-order valence-electron chi connectivity index (χ3n) is 5.00. The van der Waals surface area contributed by atoms with Crippen LogP contribution in [-0.4, -0.2) is 36.1 Å². The monoisotopic (exact) mass is 436 g/mol. The summed E-state index contributed by atoms with van der Waals surface area (Å²) in [5, 5.41) is 2.00. The molecule has 0 N–H and O–H groups in total. The van der Waals surface area contributed by atoms with E-state index in [-0.39, 0.29) is 12.3 Å². The van der Waals surface area contributed by atoms with Gasteiger partial charge in [-0.1, -0.05) is 6.07 Å². The number of benzene rings is 1. The van der Waals surface area contributed by atoms with Crippen molar-refractivity contribution in [2.45, 2.75) is 32.3 Å². The molecule has 31 heavy (non-hydrogen) atoms. The molecule has 3 aromatic rings. The highest BCUT2D eigenvalue weighted by Gasteiger charge is 2.40. The molecule has 1 amide bonds. The highest BCUT2D eigenvalue weighted by molar-refractivity contribution is 7.13. The van der Waals surface area contributed by atoms with Crippen LogP contribution in [0, 0.1) is 0 Å². The van der Waals surface area contributed by atoms with Crippen LogP contribution >= 0.6 is 11.3 Å². The molecule has 0 aliphatic carbocycles. The van der Waals surface area contributed by atoms with Crippen LogP contribution in [0.1, 0.15) is 42.6 Å². The maximum atomic E-state index is 13.4. The van der Waals surface area contributed by atoms with Gasteiger partial charge >= 0.3 is 6.09 Å². The lowest BCUT2D eigenvalue weighted by atomic mass is 9.92. The predicted octanol–water partition coefficient (Wildman–Crippen LogP) is 5.54. The van der Waals surface area contributed by atoms with Crippen LogP contribution < -0.4 is 9.64 Å². The van der Waals surface area contributed by atoms with Crippen molar-refractivity contribution in [3.8, 4) is 16.2 Å². The van der Waals surface area contributed by atoms with Gasteiger partial charge < -0.3 is 9.47 Å². The molecule has 7 heteroatoms. The third kappa shape index (κ3) is 4.32. The molecule has 1 atom stereocenters. The minimum absolute atomic E-state index is 0.0694. The number of ether oxygens (including phenoxy) is 2. The Hall–Kier alpha value is -3.19. The summed E-state index contributed by atoms with van der Waals surface area (Å²) in [7, 11) is 1.58. The minimum atomic E-state index is -0.647. The largest absolute Gasteiger partial charge is 0.497 e. The first-order valence-electron chi connectivity index (χ1n) is 9.99. The molecule has 1 aliphatic rings. The van der Waals surface area contributed by atoms with Crippen molar-refractivity contribution in [3.63, 3.8) is 0 Å². The van der Waals surface area contributed by atoms with Crippen molar-refractivity contribution in [2.75, 3.05) is 18.6 Å². The number of fused-ring (bicyclic) bond motifs is 1. The van der Waals surface area contributed by atoms with Crippen molar-refractivity contribution >= 4 is 29.0 Å². The summed E-state index contributed by atoms with van der Waals surface area (Å²) in [6.45, 7) is 5.63. The topological polar surface area (TPSA) is 68.7 Å². The van der Waals surface area contributed by atoms with Crippen LogP contribution in [0.5, 0.6) is 5.75 Å². The van der Waals surface area contributed by atoms with Gasteiger partial charge in [-0.3, -0.25) is 9.69 Å². The van der Waals surface area contributed by atoms with E-state index in [4.69, 9.17) is 9.47 Å². The number of methoxy groups -OCH3 is 1. The van der Waals surface area contributed by atoms with Gasteiger partial charge in [0.2, 0.25) is 0 Å². The van der Waals surface area contributed by atoms with Crippen LogP contribution in [0.15, 0.2) is 54.0 Å². The summed E-state index contributed by atoms with van der Waals surface area (Å²) >= 11 is 1.60. The molecule has 1 aromatic carbocycles. The number of carbonyl (C=O) groups excluding carboxylic acids is 2. The van der Waals surface area contributed by atoms with E-state index in [1.165, 1.54) is 4.90 Å². The fourth-order valence-electron chi connectivity index (χ4n) is 3.56. The molecule has 160 valence electrons. The fourth-order valence-corrected chi connectivity index (χ4v) is 4.27. The number of Topliss-reactive ketones (excluding diaryl/α,β-unsaturated/α-hetero) is 1. The van der Waals surface area contributed by atoms with Crippen LogP contribution in [0.4, 0.5) is 10.6 Å². The smallest absolute Gasteiger partial charge is 0.416 e. The molecule has 4 rings (SSSR count). The third-order valence-corrected chi connectivity index (χ3v) is 5.92. The first-order chi connectivity index (χ1) is 14.8. The number of nitrogens with zero attached hydrogens (tertiary/aromatic N) is 2. The quantitative estimate of drug-likeness (QED) is 0.502. The maximum absolute atomic E-state index is 13.4.